The van der Waals surface area contributed by atoms with Gasteiger partial charge in [-0.2, -0.15) is 0 Å². The highest BCUT2D eigenvalue weighted by molar-refractivity contribution is 5.97. The number of phenolic OH excluding ortho intramolecular Hbond substituents is 1. The monoisotopic (exact) mass is 282 g/mol. The molecule has 0 saturated heterocycles. The number of ether oxygens (including phenoxy) is 1. The smallest absolute Gasteiger partial charge is 0.159 e. The number of nitrogens with one attached hydrogen (secondary N) is 1. The highest BCUT2D eigenvalue weighted by Gasteiger charge is 2.12. The van der Waals surface area contributed by atoms with Crippen molar-refractivity contribution >= 4 is 16.8 Å². The van der Waals surface area contributed by atoms with Crippen molar-refractivity contribution in [2.45, 2.75) is 6.92 Å². The summed E-state index contributed by atoms with van der Waals surface area (Å²) in [5, 5.41) is 9.50. The maximum atomic E-state index is 11.4. The van der Waals surface area contributed by atoms with E-state index in [4.69, 9.17) is 4.74 Å². The molecule has 0 fully saturated rings. The summed E-state index contributed by atoms with van der Waals surface area (Å²) in [6.45, 7) is 1.53. The summed E-state index contributed by atoms with van der Waals surface area (Å²) in [5.41, 5.74) is 2.93. The molecular formula is C16H14N2O3. The van der Waals surface area contributed by atoms with Gasteiger partial charge in [-0.1, -0.05) is 0 Å². The van der Waals surface area contributed by atoms with Crippen LogP contribution in [0.25, 0.3) is 22.4 Å². The summed E-state index contributed by atoms with van der Waals surface area (Å²) in [6.07, 6.45) is 0. The number of fused-ring (bicyclic) bond motifs is 1. The van der Waals surface area contributed by atoms with E-state index < -0.39 is 0 Å². The second-order valence-electron chi connectivity index (χ2n) is 4.76. The number of benzene rings is 2. The molecule has 0 spiro atoms. The van der Waals surface area contributed by atoms with Gasteiger partial charge in [0.15, 0.2) is 5.78 Å². The van der Waals surface area contributed by atoms with Crippen molar-refractivity contribution in [2.24, 2.45) is 0 Å². The Morgan fingerprint density at radius 1 is 1.24 bits per heavy atom. The minimum Gasteiger partial charge on any atom is -0.508 e. The summed E-state index contributed by atoms with van der Waals surface area (Å²) in [6, 6.07) is 10.2. The second-order valence-corrected chi connectivity index (χ2v) is 4.76. The number of hydrogen-bond donors (Lipinski definition) is 2. The lowest BCUT2D eigenvalue weighted by molar-refractivity contribution is 0.101. The number of methoxy groups -OCH3 is 1. The van der Waals surface area contributed by atoms with Gasteiger partial charge in [0.05, 0.1) is 23.7 Å². The van der Waals surface area contributed by atoms with Crippen molar-refractivity contribution in [3.8, 4) is 22.9 Å². The zero-order chi connectivity index (χ0) is 15.0. The van der Waals surface area contributed by atoms with E-state index in [1.807, 2.05) is 0 Å². The molecule has 2 aromatic carbocycles. The molecule has 106 valence electrons. The van der Waals surface area contributed by atoms with Gasteiger partial charge in [-0.05, 0) is 37.3 Å². The molecule has 1 heterocycles. The molecule has 0 bridgehead atoms. The van der Waals surface area contributed by atoms with Crippen LogP contribution in [0.3, 0.4) is 0 Å². The van der Waals surface area contributed by atoms with Gasteiger partial charge in [-0.15, -0.1) is 0 Å². The lowest BCUT2D eigenvalue weighted by Gasteiger charge is -2.06. The van der Waals surface area contributed by atoms with Crippen LogP contribution < -0.4 is 4.74 Å². The number of rotatable bonds is 3. The maximum Gasteiger partial charge on any atom is 0.159 e. The molecule has 5 nitrogen and oxygen atoms in total. The Morgan fingerprint density at radius 2 is 2.05 bits per heavy atom. The summed E-state index contributed by atoms with van der Waals surface area (Å²) < 4.78 is 5.26. The minimum absolute atomic E-state index is 0.00950. The largest absolute Gasteiger partial charge is 0.508 e. The number of nitrogens with zero attached hydrogens (tertiary/aromatic N) is 1. The number of aromatic hydroxyl groups is 1. The Hall–Kier alpha value is -2.82. The number of Topliss-reactive ketones (excluding diaryl/α,β-unsaturated/α-hetero) is 1. The first-order valence-electron chi connectivity index (χ1n) is 6.46. The van der Waals surface area contributed by atoms with Crippen LogP contribution in [0.2, 0.25) is 0 Å². The Labute approximate surface area is 121 Å². The first-order valence-corrected chi connectivity index (χ1v) is 6.46. The fourth-order valence-electron chi connectivity index (χ4n) is 2.23. The Balaban J connectivity index is 2.15. The number of ketones is 1. The normalized spacial score (nSPS) is 10.8. The molecule has 0 aliphatic rings. The van der Waals surface area contributed by atoms with E-state index in [1.54, 1.807) is 30.3 Å². The summed E-state index contributed by atoms with van der Waals surface area (Å²) in [4.78, 5) is 19.1. The fourth-order valence-corrected chi connectivity index (χ4v) is 2.23. The number of H-pyrrole nitrogens is 1. The van der Waals surface area contributed by atoms with E-state index >= 15 is 0 Å². The number of hydrogen-bond acceptors (Lipinski definition) is 4. The predicted molar refractivity (Wildman–Crippen MR) is 79.8 cm³/mol. The van der Waals surface area contributed by atoms with Crippen LogP contribution in [0, 0.1) is 0 Å². The zero-order valence-electron chi connectivity index (χ0n) is 11.7. The van der Waals surface area contributed by atoms with Crippen LogP contribution in [0.1, 0.15) is 17.3 Å². The molecule has 0 aliphatic carbocycles. The van der Waals surface area contributed by atoms with Gasteiger partial charge in [0.25, 0.3) is 0 Å². The number of phenols is 1. The van der Waals surface area contributed by atoms with Gasteiger partial charge in [-0.3, -0.25) is 4.79 Å². The van der Waals surface area contributed by atoms with Crippen LogP contribution in [-0.4, -0.2) is 28.0 Å². The molecule has 0 atom stereocenters. The molecule has 0 saturated carbocycles. The number of imidazole rings is 1. The van der Waals surface area contributed by atoms with Gasteiger partial charge in [0, 0.05) is 11.6 Å². The predicted octanol–water partition coefficient (Wildman–Crippen LogP) is 3.15. The molecule has 5 heteroatoms. The van der Waals surface area contributed by atoms with Crippen molar-refractivity contribution in [1.82, 2.24) is 9.97 Å². The lowest BCUT2D eigenvalue weighted by atomic mass is 10.1. The maximum absolute atomic E-state index is 11.4. The molecule has 21 heavy (non-hydrogen) atoms. The van der Waals surface area contributed by atoms with Gasteiger partial charge in [-0.25, -0.2) is 4.98 Å². The average Bonchev–Trinajstić information content (AvgIpc) is 2.89. The van der Waals surface area contributed by atoms with Gasteiger partial charge < -0.3 is 14.8 Å². The van der Waals surface area contributed by atoms with Crippen molar-refractivity contribution in [3.63, 3.8) is 0 Å². The zero-order valence-corrected chi connectivity index (χ0v) is 11.7. The van der Waals surface area contributed by atoms with E-state index in [0.29, 0.717) is 17.1 Å². The van der Waals surface area contributed by atoms with E-state index in [-0.39, 0.29) is 11.5 Å². The molecule has 0 radical (unpaired) electrons. The summed E-state index contributed by atoms with van der Waals surface area (Å²) in [5.74, 6) is 1.30. The van der Waals surface area contributed by atoms with E-state index in [2.05, 4.69) is 9.97 Å². The van der Waals surface area contributed by atoms with Crippen LogP contribution in [0.5, 0.6) is 11.5 Å². The van der Waals surface area contributed by atoms with Crippen molar-refractivity contribution in [3.05, 3.63) is 42.0 Å². The minimum atomic E-state index is 0.00950. The highest BCUT2D eigenvalue weighted by Crippen LogP contribution is 2.32. The molecule has 1 aromatic heterocycles. The lowest BCUT2D eigenvalue weighted by Crippen LogP contribution is -1.90. The molecule has 0 amide bonds. The van der Waals surface area contributed by atoms with Gasteiger partial charge >= 0.3 is 0 Å². The van der Waals surface area contributed by atoms with E-state index in [1.165, 1.54) is 20.1 Å². The number of aromatic amines is 1. The van der Waals surface area contributed by atoms with E-state index in [9.17, 15) is 9.90 Å². The Kier molecular flexibility index (Phi) is 3.10. The SMILES string of the molecule is COc1cc(O)ccc1-c1nc2ccc(C(C)=O)cc2[nH]1. The first kappa shape index (κ1) is 13.2. The fraction of sp³-hybridized carbons (Fsp3) is 0.125. The molecule has 0 aliphatic heterocycles. The Bertz CT molecular complexity index is 837. The third-order valence-corrected chi connectivity index (χ3v) is 3.33. The summed E-state index contributed by atoms with van der Waals surface area (Å²) >= 11 is 0. The van der Waals surface area contributed by atoms with Gasteiger partial charge in [0.1, 0.15) is 17.3 Å². The number of aromatic nitrogens is 2. The number of carbonyl (C=O) groups excluding carboxylic acids is 1. The first-order chi connectivity index (χ1) is 10.1. The van der Waals surface area contributed by atoms with Gasteiger partial charge in [0.2, 0.25) is 0 Å². The molecule has 3 rings (SSSR count). The standard InChI is InChI=1S/C16H14N2O3/c1-9(19)10-3-6-13-14(7-10)18-16(17-13)12-5-4-11(20)8-15(12)21-2/h3-8,20H,1-2H3,(H,17,18). The molecular weight excluding hydrogens is 268 g/mol. The van der Waals surface area contributed by atoms with E-state index in [0.717, 1.165) is 16.6 Å². The Morgan fingerprint density at radius 3 is 2.76 bits per heavy atom. The number of carbonyl (C=O) groups is 1. The summed E-state index contributed by atoms with van der Waals surface area (Å²) in [7, 11) is 1.54. The quantitative estimate of drug-likeness (QED) is 0.724. The second kappa shape index (κ2) is 4.94. The topological polar surface area (TPSA) is 75.2 Å². The third kappa shape index (κ3) is 2.33. The molecule has 2 N–H and O–H groups in total. The molecule has 0 unspecified atom stereocenters. The van der Waals surface area contributed by atoms with Crippen LogP contribution in [0.15, 0.2) is 36.4 Å². The average molecular weight is 282 g/mol. The van der Waals surface area contributed by atoms with Crippen LogP contribution >= 0.6 is 0 Å². The van der Waals surface area contributed by atoms with Crippen molar-refractivity contribution in [2.75, 3.05) is 7.11 Å². The van der Waals surface area contributed by atoms with Crippen molar-refractivity contribution in [1.29, 1.82) is 0 Å². The third-order valence-electron chi connectivity index (χ3n) is 3.33. The highest BCUT2D eigenvalue weighted by atomic mass is 16.5. The van der Waals surface area contributed by atoms with Crippen molar-refractivity contribution < 1.29 is 14.6 Å². The van der Waals surface area contributed by atoms with Crippen LogP contribution in [0.4, 0.5) is 0 Å². The van der Waals surface area contributed by atoms with Crippen LogP contribution in [-0.2, 0) is 0 Å². The molecule has 3 aromatic rings.